The van der Waals surface area contributed by atoms with Gasteiger partial charge in [0.25, 0.3) is 0 Å². The van der Waals surface area contributed by atoms with Gasteiger partial charge < -0.3 is 15.7 Å². The molecule has 1 atom stereocenters. The summed E-state index contributed by atoms with van der Waals surface area (Å²) >= 11 is 0. The highest BCUT2D eigenvalue weighted by Gasteiger charge is 2.10. The molecule has 1 rings (SSSR count). The first-order valence-corrected chi connectivity index (χ1v) is 8.00. The summed E-state index contributed by atoms with van der Waals surface area (Å²) in [5, 5.41) is 19.6. The van der Waals surface area contributed by atoms with Gasteiger partial charge in [-0.15, -0.1) is 0 Å². The first kappa shape index (κ1) is 18.5. The molecule has 1 unspecified atom stereocenters. The Balaban J connectivity index is 2.20. The molecule has 0 aliphatic heterocycles. The van der Waals surface area contributed by atoms with Gasteiger partial charge in [0.1, 0.15) is 0 Å². The van der Waals surface area contributed by atoms with E-state index in [1.807, 2.05) is 32.5 Å². The van der Waals surface area contributed by atoms with Crippen LogP contribution in [0.4, 0.5) is 4.79 Å². The van der Waals surface area contributed by atoms with Crippen LogP contribution in [0.2, 0.25) is 0 Å². The minimum atomic E-state index is -0.480. The van der Waals surface area contributed by atoms with E-state index in [-0.39, 0.29) is 6.03 Å². The summed E-state index contributed by atoms with van der Waals surface area (Å²) in [6.07, 6.45) is 1.99. The third-order valence-corrected chi connectivity index (χ3v) is 3.79. The molecule has 3 N–H and O–H groups in total. The topological polar surface area (TPSA) is 79.2 Å². The SMILES string of the molecule is Cc1nn(C)c(C)c1CCCNC(=O)NCC(O)CC(C)C. The molecule has 6 heteroatoms. The summed E-state index contributed by atoms with van der Waals surface area (Å²) in [5.74, 6) is 0.422. The number of nitrogens with zero attached hydrogens (tertiary/aromatic N) is 2. The van der Waals surface area contributed by atoms with Gasteiger partial charge in [-0.2, -0.15) is 5.10 Å². The molecule has 0 radical (unpaired) electrons. The minimum absolute atomic E-state index is 0.220. The van der Waals surface area contributed by atoms with Crippen molar-refractivity contribution in [1.29, 1.82) is 0 Å². The molecule has 0 aliphatic rings. The van der Waals surface area contributed by atoms with E-state index in [0.717, 1.165) is 18.5 Å². The lowest BCUT2D eigenvalue weighted by atomic mass is 10.1. The largest absolute Gasteiger partial charge is 0.391 e. The lowest BCUT2D eigenvalue weighted by molar-refractivity contribution is 0.147. The lowest BCUT2D eigenvalue weighted by Gasteiger charge is -2.14. The first-order chi connectivity index (χ1) is 10.3. The monoisotopic (exact) mass is 310 g/mol. The third-order valence-electron chi connectivity index (χ3n) is 3.79. The van der Waals surface area contributed by atoms with E-state index in [0.29, 0.717) is 25.4 Å². The Labute approximate surface area is 133 Å². The predicted molar refractivity (Wildman–Crippen MR) is 87.9 cm³/mol. The first-order valence-electron chi connectivity index (χ1n) is 8.00. The number of aliphatic hydroxyl groups excluding tert-OH is 1. The number of rotatable bonds is 8. The highest BCUT2D eigenvalue weighted by Crippen LogP contribution is 2.13. The van der Waals surface area contributed by atoms with Crippen LogP contribution in [-0.2, 0) is 13.5 Å². The Morgan fingerprint density at radius 3 is 2.55 bits per heavy atom. The van der Waals surface area contributed by atoms with E-state index < -0.39 is 6.10 Å². The van der Waals surface area contributed by atoms with Crippen LogP contribution in [0.1, 0.15) is 43.6 Å². The number of aryl methyl sites for hydroxylation is 2. The quantitative estimate of drug-likeness (QED) is 0.639. The summed E-state index contributed by atoms with van der Waals surface area (Å²) in [5.41, 5.74) is 3.50. The Kier molecular flexibility index (Phi) is 7.38. The summed E-state index contributed by atoms with van der Waals surface area (Å²) < 4.78 is 1.89. The van der Waals surface area contributed by atoms with E-state index in [1.165, 1.54) is 11.3 Å². The van der Waals surface area contributed by atoms with E-state index in [1.54, 1.807) is 0 Å². The van der Waals surface area contributed by atoms with Crippen molar-refractivity contribution in [3.63, 3.8) is 0 Å². The van der Waals surface area contributed by atoms with E-state index in [9.17, 15) is 9.90 Å². The molecule has 22 heavy (non-hydrogen) atoms. The molecule has 0 aliphatic carbocycles. The fourth-order valence-electron chi connectivity index (χ4n) is 2.55. The molecule has 0 saturated heterocycles. The predicted octanol–water partition coefficient (Wildman–Crippen LogP) is 1.68. The molecular formula is C16H30N4O2. The molecule has 126 valence electrons. The summed E-state index contributed by atoms with van der Waals surface area (Å²) in [4.78, 5) is 11.6. The normalized spacial score (nSPS) is 12.5. The van der Waals surface area contributed by atoms with Crippen LogP contribution in [0, 0.1) is 19.8 Å². The van der Waals surface area contributed by atoms with E-state index in [2.05, 4.69) is 22.7 Å². The van der Waals surface area contributed by atoms with E-state index >= 15 is 0 Å². The van der Waals surface area contributed by atoms with Crippen LogP contribution < -0.4 is 10.6 Å². The van der Waals surface area contributed by atoms with Crippen LogP contribution >= 0.6 is 0 Å². The molecule has 0 fully saturated rings. The van der Waals surface area contributed by atoms with Crippen LogP contribution in [0.5, 0.6) is 0 Å². The van der Waals surface area contributed by atoms with Gasteiger partial charge in [-0.05, 0) is 44.6 Å². The highest BCUT2D eigenvalue weighted by atomic mass is 16.3. The molecule has 0 saturated carbocycles. The number of hydrogen-bond donors (Lipinski definition) is 3. The van der Waals surface area contributed by atoms with Gasteiger partial charge >= 0.3 is 6.03 Å². The molecule has 1 heterocycles. The van der Waals surface area contributed by atoms with Gasteiger partial charge in [0.2, 0.25) is 0 Å². The zero-order chi connectivity index (χ0) is 16.7. The third kappa shape index (κ3) is 6.05. The Hall–Kier alpha value is -1.56. The molecule has 6 nitrogen and oxygen atoms in total. The molecule has 0 spiro atoms. The lowest BCUT2D eigenvalue weighted by Crippen LogP contribution is -2.40. The molecule has 0 aromatic carbocycles. The fraction of sp³-hybridized carbons (Fsp3) is 0.750. The average Bonchev–Trinajstić information content (AvgIpc) is 2.66. The number of amides is 2. The van der Waals surface area contributed by atoms with Crippen molar-refractivity contribution in [2.45, 2.75) is 53.1 Å². The maximum atomic E-state index is 11.6. The zero-order valence-corrected chi connectivity index (χ0v) is 14.4. The number of urea groups is 1. The van der Waals surface area contributed by atoms with Gasteiger partial charge in [0.15, 0.2) is 0 Å². The molecule has 0 bridgehead atoms. The van der Waals surface area contributed by atoms with Gasteiger partial charge in [0, 0.05) is 25.8 Å². The Morgan fingerprint density at radius 1 is 1.32 bits per heavy atom. The van der Waals surface area contributed by atoms with Gasteiger partial charge in [-0.25, -0.2) is 4.79 Å². The standard InChI is InChI=1S/C16H30N4O2/c1-11(2)9-14(21)10-18-16(22)17-8-6-7-15-12(3)19-20(5)13(15)4/h11,14,21H,6-10H2,1-5H3,(H2,17,18,22). The summed E-state index contributed by atoms with van der Waals surface area (Å²) in [6.45, 7) is 9.08. The van der Waals surface area contributed by atoms with Crippen LogP contribution in [0.15, 0.2) is 0 Å². The van der Waals surface area contributed by atoms with Crippen LogP contribution in [-0.4, -0.2) is 40.1 Å². The van der Waals surface area contributed by atoms with Gasteiger partial charge in [0.05, 0.1) is 11.8 Å². The smallest absolute Gasteiger partial charge is 0.314 e. The van der Waals surface area contributed by atoms with Gasteiger partial charge in [-0.1, -0.05) is 13.8 Å². The number of hydrogen-bond acceptors (Lipinski definition) is 3. The molecule has 1 aromatic rings. The van der Waals surface area contributed by atoms with Crippen molar-refractivity contribution < 1.29 is 9.90 Å². The van der Waals surface area contributed by atoms with Gasteiger partial charge in [-0.3, -0.25) is 4.68 Å². The molecule has 2 amide bonds. The Morgan fingerprint density at radius 2 is 2.00 bits per heavy atom. The van der Waals surface area contributed by atoms with Crippen molar-refractivity contribution in [2.75, 3.05) is 13.1 Å². The zero-order valence-electron chi connectivity index (χ0n) is 14.4. The summed E-state index contributed by atoms with van der Waals surface area (Å²) in [7, 11) is 1.94. The second-order valence-corrected chi connectivity index (χ2v) is 6.30. The minimum Gasteiger partial charge on any atom is -0.391 e. The number of aliphatic hydroxyl groups is 1. The van der Waals surface area contributed by atoms with Crippen molar-refractivity contribution in [3.8, 4) is 0 Å². The maximum Gasteiger partial charge on any atom is 0.314 e. The second-order valence-electron chi connectivity index (χ2n) is 6.30. The number of carbonyl (C=O) groups excluding carboxylic acids is 1. The second kappa shape index (κ2) is 8.78. The fourth-order valence-corrected chi connectivity index (χ4v) is 2.55. The summed E-state index contributed by atoms with van der Waals surface area (Å²) in [6, 6.07) is -0.220. The van der Waals surface area contributed by atoms with Crippen LogP contribution in [0.3, 0.4) is 0 Å². The van der Waals surface area contributed by atoms with Crippen molar-refractivity contribution in [3.05, 3.63) is 17.0 Å². The highest BCUT2D eigenvalue weighted by molar-refractivity contribution is 5.73. The maximum absolute atomic E-state index is 11.6. The molecule has 1 aromatic heterocycles. The van der Waals surface area contributed by atoms with E-state index in [4.69, 9.17) is 0 Å². The number of nitrogens with one attached hydrogen (secondary N) is 2. The average molecular weight is 310 g/mol. The molecular weight excluding hydrogens is 280 g/mol. The Bertz CT molecular complexity index is 483. The number of aromatic nitrogens is 2. The van der Waals surface area contributed by atoms with Crippen molar-refractivity contribution >= 4 is 6.03 Å². The number of carbonyl (C=O) groups is 1. The van der Waals surface area contributed by atoms with Crippen LogP contribution in [0.25, 0.3) is 0 Å². The van der Waals surface area contributed by atoms with Crippen molar-refractivity contribution in [2.24, 2.45) is 13.0 Å². The van der Waals surface area contributed by atoms with Crippen molar-refractivity contribution in [1.82, 2.24) is 20.4 Å².